The molecule has 0 bridgehead atoms. The molecule has 0 aromatic heterocycles. The molecule has 4 nitrogen and oxygen atoms in total. The molecule has 1 N–H and O–H groups in total. The number of carbonyl (C=O) groups excluding carboxylic acids is 1. The van der Waals surface area contributed by atoms with E-state index in [4.69, 9.17) is 9.84 Å². The number of carboxylic acid groups (broad SMARTS) is 1. The lowest BCUT2D eigenvalue weighted by atomic mass is 9.98. The molecule has 20 heavy (non-hydrogen) atoms. The first kappa shape index (κ1) is 16.0. The average molecular weight is 276 g/mol. The summed E-state index contributed by atoms with van der Waals surface area (Å²) >= 11 is 0. The highest BCUT2D eigenvalue weighted by Crippen LogP contribution is 2.26. The summed E-state index contributed by atoms with van der Waals surface area (Å²) in [6.45, 7) is 4.43. The Morgan fingerprint density at radius 2 is 2.10 bits per heavy atom. The van der Waals surface area contributed by atoms with Crippen LogP contribution in [0.25, 0.3) is 6.08 Å². The van der Waals surface area contributed by atoms with Crippen LogP contribution in [0.3, 0.4) is 0 Å². The molecule has 1 rings (SSSR count). The molecule has 0 aliphatic carbocycles. The van der Waals surface area contributed by atoms with Crippen LogP contribution in [0.15, 0.2) is 18.2 Å². The summed E-state index contributed by atoms with van der Waals surface area (Å²) in [5.74, 6) is -0.0917. The van der Waals surface area contributed by atoms with Gasteiger partial charge in [0.1, 0.15) is 5.75 Å². The molecule has 0 saturated carbocycles. The summed E-state index contributed by atoms with van der Waals surface area (Å²) in [4.78, 5) is 21.8. The van der Waals surface area contributed by atoms with Crippen LogP contribution in [0.4, 0.5) is 0 Å². The first-order valence-electron chi connectivity index (χ1n) is 6.76. The number of hydrogen-bond donors (Lipinski definition) is 1. The van der Waals surface area contributed by atoms with E-state index in [-0.39, 0.29) is 6.42 Å². The lowest BCUT2D eigenvalue weighted by molar-refractivity contribution is -0.136. The second-order valence-corrected chi connectivity index (χ2v) is 4.28. The fraction of sp³-hybridized carbons (Fsp3) is 0.375. The molecule has 0 atom stereocenters. The summed E-state index contributed by atoms with van der Waals surface area (Å²) in [6.07, 6.45) is 5.64. The second-order valence-electron chi connectivity index (χ2n) is 4.28. The van der Waals surface area contributed by atoms with Gasteiger partial charge in [-0.25, -0.2) is 0 Å². The van der Waals surface area contributed by atoms with E-state index >= 15 is 0 Å². The molecule has 4 heteroatoms. The van der Waals surface area contributed by atoms with Crippen LogP contribution in [0.1, 0.15) is 48.2 Å². The second kappa shape index (κ2) is 8.15. The molecule has 0 saturated heterocycles. The van der Waals surface area contributed by atoms with Gasteiger partial charge in [0.15, 0.2) is 6.29 Å². The number of hydrogen-bond acceptors (Lipinski definition) is 3. The Morgan fingerprint density at radius 3 is 2.65 bits per heavy atom. The smallest absolute Gasteiger partial charge is 0.303 e. The average Bonchev–Trinajstić information content (AvgIpc) is 2.44. The third kappa shape index (κ3) is 4.23. The molecule has 0 heterocycles. The van der Waals surface area contributed by atoms with Crippen molar-refractivity contribution in [1.82, 2.24) is 0 Å². The highest BCUT2D eigenvalue weighted by Gasteiger charge is 2.10. The number of benzene rings is 1. The minimum absolute atomic E-state index is 0.0879. The van der Waals surface area contributed by atoms with Gasteiger partial charge < -0.3 is 9.84 Å². The third-order valence-corrected chi connectivity index (χ3v) is 2.94. The van der Waals surface area contributed by atoms with Crippen LogP contribution in [0.5, 0.6) is 5.75 Å². The van der Waals surface area contributed by atoms with E-state index in [9.17, 15) is 9.59 Å². The van der Waals surface area contributed by atoms with Gasteiger partial charge in [-0.1, -0.05) is 25.1 Å². The maximum absolute atomic E-state index is 11.3. The van der Waals surface area contributed by atoms with Crippen LogP contribution in [-0.4, -0.2) is 24.0 Å². The first-order chi connectivity index (χ1) is 9.63. The SMILES string of the molecule is CCOc1ccc(C=CCCC(=O)O)c(C=O)c1CC. The standard InChI is InChI=1S/C16H20O4/c1-3-13-14(11-17)12(7-5-6-8-16(18)19)9-10-15(13)20-4-2/h5,7,9-11H,3-4,6,8H2,1-2H3,(H,18,19). The van der Waals surface area contributed by atoms with Crippen molar-refractivity contribution < 1.29 is 19.4 Å². The maximum Gasteiger partial charge on any atom is 0.303 e. The number of carbonyl (C=O) groups is 2. The monoisotopic (exact) mass is 276 g/mol. The molecule has 0 spiro atoms. The van der Waals surface area contributed by atoms with E-state index in [0.29, 0.717) is 25.0 Å². The molecule has 0 unspecified atom stereocenters. The molecule has 0 aliphatic heterocycles. The van der Waals surface area contributed by atoms with Crippen molar-refractivity contribution in [3.8, 4) is 5.75 Å². The van der Waals surface area contributed by atoms with Gasteiger partial charge in [0, 0.05) is 17.5 Å². The lowest BCUT2D eigenvalue weighted by Gasteiger charge is -2.13. The first-order valence-corrected chi connectivity index (χ1v) is 6.76. The van der Waals surface area contributed by atoms with Crippen molar-refractivity contribution >= 4 is 18.3 Å². The minimum Gasteiger partial charge on any atom is -0.494 e. The summed E-state index contributed by atoms with van der Waals surface area (Å²) in [5, 5.41) is 8.58. The molecule has 0 aliphatic rings. The highest BCUT2D eigenvalue weighted by molar-refractivity contribution is 5.85. The Morgan fingerprint density at radius 1 is 1.35 bits per heavy atom. The van der Waals surface area contributed by atoms with Crippen molar-refractivity contribution in [1.29, 1.82) is 0 Å². The van der Waals surface area contributed by atoms with Crippen molar-refractivity contribution in [3.63, 3.8) is 0 Å². The predicted octanol–water partition coefficient (Wildman–Crippen LogP) is 3.34. The van der Waals surface area contributed by atoms with Crippen LogP contribution in [0, 0.1) is 0 Å². The fourth-order valence-corrected chi connectivity index (χ4v) is 2.02. The molecule has 0 radical (unpaired) electrons. The Hall–Kier alpha value is -2.10. The predicted molar refractivity (Wildman–Crippen MR) is 78.3 cm³/mol. The quantitative estimate of drug-likeness (QED) is 0.740. The highest BCUT2D eigenvalue weighted by atomic mass is 16.5. The largest absolute Gasteiger partial charge is 0.494 e. The number of aliphatic carboxylic acids is 1. The Kier molecular flexibility index (Phi) is 6.50. The summed E-state index contributed by atoms with van der Waals surface area (Å²) < 4.78 is 5.52. The van der Waals surface area contributed by atoms with Gasteiger partial charge in [-0.2, -0.15) is 0 Å². The van der Waals surface area contributed by atoms with Crippen LogP contribution in [0.2, 0.25) is 0 Å². The third-order valence-electron chi connectivity index (χ3n) is 2.94. The van der Waals surface area contributed by atoms with E-state index in [1.165, 1.54) is 0 Å². The minimum atomic E-state index is -0.828. The Bertz CT molecular complexity index is 503. The fourth-order valence-electron chi connectivity index (χ4n) is 2.02. The van der Waals surface area contributed by atoms with Crippen LogP contribution < -0.4 is 4.74 Å². The van der Waals surface area contributed by atoms with Gasteiger partial charge in [0.25, 0.3) is 0 Å². The van der Waals surface area contributed by atoms with Crippen molar-refractivity contribution in [2.75, 3.05) is 6.61 Å². The number of allylic oxidation sites excluding steroid dienone is 1. The zero-order chi connectivity index (χ0) is 15.0. The van der Waals surface area contributed by atoms with E-state index in [0.717, 1.165) is 23.2 Å². The van der Waals surface area contributed by atoms with E-state index in [1.807, 2.05) is 26.0 Å². The lowest BCUT2D eigenvalue weighted by Crippen LogP contribution is -2.01. The summed E-state index contributed by atoms with van der Waals surface area (Å²) in [6, 6.07) is 3.68. The van der Waals surface area contributed by atoms with Crippen molar-refractivity contribution in [2.24, 2.45) is 0 Å². The normalized spacial score (nSPS) is 10.7. The molecule has 0 amide bonds. The maximum atomic E-state index is 11.3. The topological polar surface area (TPSA) is 63.6 Å². The Balaban J connectivity index is 3.02. The Labute approximate surface area is 119 Å². The van der Waals surface area contributed by atoms with Gasteiger partial charge in [-0.15, -0.1) is 0 Å². The molecular weight excluding hydrogens is 256 g/mol. The number of carboxylic acids is 1. The molecular formula is C16H20O4. The van der Waals surface area contributed by atoms with E-state index in [1.54, 1.807) is 12.2 Å². The van der Waals surface area contributed by atoms with Crippen molar-refractivity contribution in [3.05, 3.63) is 34.9 Å². The van der Waals surface area contributed by atoms with Gasteiger partial charge >= 0.3 is 5.97 Å². The van der Waals surface area contributed by atoms with Gasteiger partial charge in [-0.3, -0.25) is 9.59 Å². The van der Waals surface area contributed by atoms with Crippen LogP contribution in [-0.2, 0) is 11.2 Å². The molecule has 1 aromatic rings. The van der Waals surface area contributed by atoms with Crippen LogP contribution >= 0.6 is 0 Å². The number of aldehydes is 1. The van der Waals surface area contributed by atoms with Crippen molar-refractivity contribution in [2.45, 2.75) is 33.1 Å². The van der Waals surface area contributed by atoms with Gasteiger partial charge in [-0.05, 0) is 31.4 Å². The zero-order valence-corrected chi connectivity index (χ0v) is 11.9. The zero-order valence-electron chi connectivity index (χ0n) is 11.9. The van der Waals surface area contributed by atoms with Gasteiger partial charge in [0.05, 0.1) is 6.61 Å². The summed E-state index contributed by atoms with van der Waals surface area (Å²) in [5.41, 5.74) is 2.30. The van der Waals surface area contributed by atoms with E-state index in [2.05, 4.69) is 0 Å². The molecule has 0 fully saturated rings. The molecule has 1 aromatic carbocycles. The van der Waals surface area contributed by atoms with E-state index < -0.39 is 5.97 Å². The molecule has 108 valence electrons. The number of ether oxygens (including phenoxy) is 1. The summed E-state index contributed by atoms with van der Waals surface area (Å²) in [7, 11) is 0. The number of rotatable bonds is 8. The van der Waals surface area contributed by atoms with Gasteiger partial charge in [0.2, 0.25) is 0 Å².